The number of benzene rings is 2. The van der Waals surface area contributed by atoms with E-state index in [1.54, 1.807) is 6.07 Å². The summed E-state index contributed by atoms with van der Waals surface area (Å²) >= 11 is 0. The highest BCUT2D eigenvalue weighted by Crippen LogP contribution is 2.18. The molecule has 6 heteroatoms. The number of aromatic hydroxyl groups is 1. The summed E-state index contributed by atoms with van der Waals surface area (Å²) in [6.45, 7) is 6.17. The second kappa shape index (κ2) is 7.45. The van der Waals surface area contributed by atoms with Crippen LogP contribution < -0.4 is 10.9 Å². The minimum atomic E-state index is -0.751. The van der Waals surface area contributed by atoms with Crippen LogP contribution in [-0.2, 0) is 6.54 Å². The van der Waals surface area contributed by atoms with Crippen molar-refractivity contribution in [2.24, 2.45) is 0 Å². The van der Waals surface area contributed by atoms with Gasteiger partial charge in [-0.25, -0.2) is 4.98 Å². The summed E-state index contributed by atoms with van der Waals surface area (Å²) in [6, 6.07) is 13.2. The highest BCUT2D eigenvalue weighted by atomic mass is 16.3. The number of hydrogen-bond acceptors (Lipinski definition) is 4. The lowest BCUT2D eigenvalue weighted by molar-refractivity contribution is 0.0942. The minimum absolute atomic E-state index is 0.235. The number of carbonyl (C=O) groups excluding carboxylic acids is 1. The molecule has 1 heterocycles. The predicted octanol–water partition coefficient (Wildman–Crippen LogP) is 3.00. The largest absolute Gasteiger partial charge is 0.501 e. The zero-order valence-corrected chi connectivity index (χ0v) is 15.5. The van der Waals surface area contributed by atoms with Gasteiger partial charge in [-0.1, -0.05) is 42.0 Å². The molecule has 0 fully saturated rings. The number of hydrogen-bond donors (Lipinski definition) is 3. The fourth-order valence-corrected chi connectivity index (χ4v) is 2.82. The maximum absolute atomic E-state index is 12.6. The first-order valence-corrected chi connectivity index (χ1v) is 8.60. The molecule has 3 aromatic rings. The number of carbonyl (C=O) groups is 1. The van der Waals surface area contributed by atoms with Crippen LogP contribution in [0.4, 0.5) is 0 Å². The van der Waals surface area contributed by atoms with Gasteiger partial charge >= 0.3 is 0 Å². The number of aryl methyl sites for hydroxylation is 2. The van der Waals surface area contributed by atoms with Gasteiger partial charge in [-0.2, -0.15) is 0 Å². The molecule has 27 heavy (non-hydrogen) atoms. The number of nitrogens with one attached hydrogen (secondary N) is 2. The summed E-state index contributed by atoms with van der Waals surface area (Å²) in [5, 5.41) is 12.7. The summed E-state index contributed by atoms with van der Waals surface area (Å²) in [6.07, 6.45) is 0. The third-order valence-corrected chi connectivity index (χ3v) is 4.56. The highest BCUT2D eigenvalue weighted by Gasteiger charge is 2.18. The molecule has 6 nitrogen and oxygen atoms in total. The van der Waals surface area contributed by atoms with Crippen LogP contribution in [0.3, 0.4) is 0 Å². The lowest BCUT2D eigenvalue weighted by Crippen LogP contribution is -2.27. The molecule has 3 rings (SSSR count). The van der Waals surface area contributed by atoms with Gasteiger partial charge in [-0.3, -0.25) is 9.59 Å². The van der Waals surface area contributed by atoms with Crippen LogP contribution in [-0.4, -0.2) is 21.0 Å². The van der Waals surface area contributed by atoms with Crippen molar-refractivity contribution >= 4 is 5.91 Å². The SMILES string of the molecule is Cc1cccc(-c2nc(C(=O)NCc3cccc(C)c3C)c(O)c(=O)[nH]2)c1. The van der Waals surface area contributed by atoms with Crippen molar-refractivity contribution < 1.29 is 9.90 Å². The first kappa shape index (κ1) is 18.4. The highest BCUT2D eigenvalue weighted by molar-refractivity contribution is 5.95. The number of H-pyrrole nitrogens is 1. The molecular formula is C21H21N3O3. The average Bonchev–Trinajstić information content (AvgIpc) is 2.64. The summed E-state index contributed by atoms with van der Waals surface area (Å²) < 4.78 is 0. The zero-order chi connectivity index (χ0) is 19.6. The summed E-state index contributed by atoms with van der Waals surface area (Å²) in [5.74, 6) is -1.06. The van der Waals surface area contributed by atoms with Crippen molar-refractivity contribution in [3.05, 3.63) is 80.8 Å². The average molecular weight is 363 g/mol. The zero-order valence-electron chi connectivity index (χ0n) is 15.5. The van der Waals surface area contributed by atoms with Crippen LogP contribution in [0.25, 0.3) is 11.4 Å². The molecule has 0 spiro atoms. The van der Waals surface area contributed by atoms with Gasteiger partial charge in [0.2, 0.25) is 5.75 Å². The van der Waals surface area contributed by atoms with Gasteiger partial charge in [-0.05, 0) is 43.5 Å². The standard InChI is InChI=1S/C21H21N3O3/c1-12-6-4-8-15(10-12)19-23-17(18(25)21(27)24-19)20(26)22-11-16-9-5-7-13(2)14(16)3/h4-10,25H,11H2,1-3H3,(H,22,26)(H,23,24,27). The van der Waals surface area contributed by atoms with Gasteiger partial charge in [0.1, 0.15) is 5.82 Å². The molecule has 0 aliphatic rings. The Bertz CT molecular complexity index is 1070. The molecule has 138 valence electrons. The Labute approximate surface area is 156 Å². The number of rotatable bonds is 4. The lowest BCUT2D eigenvalue weighted by Gasteiger charge is -2.11. The van der Waals surface area contributed by atoms with Crippen molar-refractivity contribution in [1.82, 2.24) is 15.3 Å². The van der Waals surface area contributed by atoms with Crippen LogP contribution in [0.5, 0.6) is 5.75 Å². The molecule has 2 aromatic carbocycles. The van der Waals surface area contributed by atoms with Crippen molar-refractivity contribution in [2.45, 2.75) is 27.3 Å². The third kappa shape index (κ3) is 3.89. The summed E-state index contributed by atoms with van der Waals surface area (Å²) in [5.41, 5.74) is 3.78. The van der Waals surface area contributed by atoms with Gasteiger partial charge in [0.05, 0.1) is 0 Å². The van der Waals surface area contributed by atoms with Crippen LogP contribution in [0.1, 0.15) is 32.7 Å². The van der Waals surface area contributed by atoms with E-state index >= 15 is 0 Å². The van der Waals surface area contributed by atoms with Gasteiger partial charge in [-0.15, -0.1) is 0 Å². The predicted molar refractivity (Wildman–Crippen MR) is 104 cm³/mol. The molecular weight excluding hydrogens is 342 g/mol. The van der Waals surface area contributed by atoms with E-state index in [2.05, 4.69) is 15.3 Å². The Balaban J connectivity index is 1.90. The smallest absolute Gasteiger partial charge is 0.294 e. The van der Waals surface area contributed by atoms with Crippen LogP contribution in [0.15, 0.2) is 47.3 Å². The van der Waals surface area contributed by atoms with Gasteiger partial charge in [0, 0.05) is 12.1 Å². The lowest BCUT2D eigenvalue weighted by atomic mass is 10.0. The van der Waals surface area contributed by atoms with E-state index in [1.165, 1.54) is 0 Å². The molecule has 0 saturated carbocycles. The van der Waals surface area contributed by atoms with Crippen molar-refractivity contribution in [2.75, 3.05) is 0 Å². The van der Waals surface area contributed by atoms with E-state index in [9.17, 15) is 14.7 Å². The van der Waals surface area contributed by atoms with Crippen LogP contribution >= 0.6 is 0 Å². The Morgan fingerprint density at radius 3 is 2.63 bits per heavy atom. The molecule has 1 amide bonds. The Kier molecular flexibility index (Phi) is 5.07. The Morgan fingerprint density at radius 2 is 1.89 bits per heavy atom. The molecule has 0 saturated heterocycles. The van der Waals surface area contributed by atoms with Crippen molar-refractivity contribution in [1.29, 1.82) is 0 Å². The van der Waals surface area contributed by atoms with E-state index in [0.29, 0.717) is 5.56 Å². The normalized spacial score (nSPS) is 10.6. The fourth-order valence-electron chi connectivity index (χ4n) is 2.82. The number of amides is 1. The van der Waals surface area contributed by atoms with E-state index in [1.807, 2.05) is 57.2 Å². The van der Waals surface area contributed by atoms with Gasteiger partial charge in [0.15, 0.2) is 5.69 Å². The number of aromatic nitrogens is 2. The second-order valence-corrected chi connectivity index (χ2v) is 6.52. The quantitative estimate of drug-likeness (QED) is 0.664. The first-order valence-electron chi connectivity index (χ1n) is 8.60. The topological polar surface area (TPSA) is 95.1 Å². The Hall–Kier alpha value is -3.41. The minimum Gasteiger partial charge on any atom is -0.501 e. The molecule has 0 atom stereocenters. The van der Waals surface area contributed by atoms with E-state index in [0.717, 1.165) is 22.3 Å². The number of nitrogens with zero attached hydrogens (tertiary/aromatic N) is 1. The molecule has 0 aliphatic carbocycles. The molecule has 0 unspecified atom stereocenters. The molecule has 0 bridgehead atoms. The van der Waals surface area contributed by atoms with Crippen LogP contribution in [0.2, 0.25) is 0 Å². The molecule has 0 radical (unpaired) electrons. The third-order valence-electron chi connectivity index (χ3n) is 4.56. The summed E-state index contributed by atoms with van der Waals surface area (Å²) in [7, 11) is 0. The molecule has 0 aliphatic heterocycles. The first-order chi connectivity index (χ1) is 12.9. The monoisotopic (exact) mass is 363 g/mol. The van der Waals surface area contributed by atoms with Crippen LogP contribution in [0, 0.1) is 20.8 Å². The van der Waals surface area contributed by atoms with E-state index < -0.39 is 17.2 Å². The number of aromatic amines is 1. The fraction of sp³-hybridized carbons (Fsp3) is 0.190. The maximum Gasteiger partial charge on any atom is 0.294 e. The van der Waals surface area contributed by atoms with Gasteiger partial charge < -0.3 is 15.4 Å². The molecule has 1 aromatic heterocycles. The summed E-state index contributed by atoms with van der Waals surface area (Å²) in [4.78, 5) is 31.3. The maximum atomic E-state index is 12.6. The van der Waals surface area contributed by atoms with Crippen molar-refractivity contribution in [3.8, 4) is 17.1 Å². The Morgan fingerprint density at radius 1 is 1.15 bits per heavy atom. The molecule has 3 N–H and O–H groups in total. The second-order valence-electron chi connectivity index (χ2n) is 6.52. The van der Waals surface area contributed by atoms with Crippen molar-refractivity contribution in [3.63, 3.8) is 0 Å². The van der Waals surface area contributed by atoms with Gasteiger partial charge in [0.25, 0.3) is 11.5 Å². The van der Waals surface area contributed by atoms with E-state index in [-0.39, 0.29) is 18.1 Å². The van der Waals surface area contributed by atoms with E-state index in [4.69, 9.17) is 0 Å².